The zero-order valence-electron chi connectivity index (χ0n) is 7.13. The van der Waals surface area contributed by atoms with Crippen LogP contribution in [0.1, 0.15) is 24.4 Å². The Bertz CT molecular complexity index is 300. The predicted octanol–water partition coefficient (Wildman–Crippen LogP) is 3.40. The van der Waals surface area contributed by atoms with Gasteiger partial charge in [-0.05, 0) is 42.5 Å². The third kappa shape index (κ3) is 2.16. The lowest BCUT2D eigenvalue weighted by Gasteiger charge is -2.11. The normalized spacial score (nSPS) is 18.7. The second kappa shape index (κ2) is 3.49. The maximum atomic E-state index is 6.02. The first-order valence-electron chi connectivity index (χ1n) is 4.38. The Kier molecular flexibility index (Phi) is 2.50. The highest BCUT2D eigenvalue weighted by Gasteiger charge is 2.29. The summed E-state index contributed by atoms with van der Waals surface area (Å²) in [6.45, 7) is 0. The van der Waals surface area contributed by atoms with Crippen LogP contribution in [0, 0.1) is 5.92 Å². The van der Waals surface area contributed by atoms with E-state index in [1.807, 2.05) is 12.1 Å². The summed E-state index contributed by atoms with van der Waals surface area (Å²) in [5, 5.41) is 1.33. The molecular weight excluding hydrogens is 205 g/mol. The van der Waals surface area contributed by atoms with Crippen molar-refractivity contribution in [3.05, 3.63) is 33.8 Å². The molecule has 3 heteroatoms. The molecule has 0 bridgehead atoms. The van der Waals surface area contributed by atoms with Crippen LogP contribution in [0.3, 0.4) is 0 Å². The number of rotatable bonds is 2. The second-order valence-corrected chi connectivity index (χ2v) is 4.44. The van der Waals surface area contributed by atoms with Crippen molar-refractivity contribution in [3.63, 3.8) is 0 Å². The van der Waals surface area contributed by atoms with Crippen molar-refractivity contribution in [2.45, 2.75) is 18.9 Å². The highest BCUT2D eigenvalue weighted by molar-refractivity contribution is 6.34. The monoisotopic (exact) mass is 215 g/mol. The highest BCUT2D eigenvalue weighted by atomic mass is 35.5. The summed E-state index contributed by atoms with van der Waals surface area (Å²) in [5.74, 6) is 0.634. The summed E-state index contributed by atoms with van der Waals surface area (Å²) in [4.78, 5) is 0. The van der Waals surface area contributed by atoms with Gasteiger partial charge in [-0.1, -0.05) is 23.2 Å². The summed E-state index contributed by atoms with van der Waals surface area (Å²) < 4.78 is 0. The molecule has 0 aliphatic heterocycles. The Morgan fingerprint density at radius 3 is 2.15 bits per heavy atom. The van der Waals surface area contributed by atoms with Crippen molar-refractivity contribution in [1.29, 1.82) is 0 Å². The van der Waals surface area contributed by atoms with Gasteiger partial charge in [0.05, 0.1) is 0 Å². The molecule has 70 valence electrons. The Labute approximate surface area is 87.8 Å². The van der Waals surface area contributed by atoms with Crippen LogP contribution in [0.2, 0.25) is 10.0 Å². The van der Waals surface area contributed by atoms with E-state index in [1.54, 1.807) is 6.07 Å². The Balaban J connectivity index is 2.27. The summed E-state index contributed by atoms with van der Waals surface area (Å²) in [6, 6.07) is 5.63. The number of hydrogen-bond donors (Lipinski definition) is 1. The zero-order valence-corrected chi connectivity index (χ0v) is 8.65. The fourth-order valence-corrected chi connectivity index (χ4v) is 2.04. The van der Waals surface area contributed by atoms with Crippen LogP contribution in [-0.2, 0) is 0 Å². The van der Waals surface area contributed by atoms with E-state index >= 15 is 0 Å². The maximum absolute atomic E-state index is 6.02. The van der Waals surface area contributed by atoms with Crippen LogP contribution in [-0.4, -0.2) is 0 Å². The summed E-state index contributed by atoms with van der Waals surface area (Å²) in [6.07, 6.45) is 2.45. The van der Waals surface area contributed by atoms with Gasteiger partial charge in [0.1, 0.15) is 0 Å². The van der Waals surface area contributed by atoms with Gasteiger partial charge >= 0.3 is 0 Å². The third-order valence-electron chi connectivity index (χ3n) is 2.40. The van der Waals surface area contributed by atoms with Crippen LogP contribution >= 0.6 is 23.2 Å². The molecule has 1 aliphatic rings. The van der Waals surface area contributed by atoms with Crippen LogP contribution < -0.4 is 5.73 Å². The molecule has 1 aromatic carbocycles. The average molecular weight is 216 g/mol. The van der Waals surface area contributed by atoms with Crippen LogP contribution in [0.4, 0.5) is 0 Å². The van der Waals surface area contributed by atoms with E-state index < -0.39 is 0 Å². The minimum Gasteiger partial charge on any atom is -0.324 e. The van der Waals surface area contributed by atoms with Crippen molar-refractivity contribution in [3.8, 4) is 0 Å². The molecule has 1 aliphatic carbocycles. The van der Waals surface area contributed by atoms with E-state index in [0.29, 0.717) is 16.0 Å². The number of nitrogens with two attached hydrogens (primary N) is 1. The summed E-state index contributed by atoms with van der Waals surface area (Å²) >= 11 is 11.8. The number of hydrogen-bond acceptors (Lipinski definition) is 1. The molecule has 1 atom stereocenters. The fraction of sp³-hybridized carbons (Fsp3) is 0.400. The van der Waals surface area contributed by atoms with E-state index in [-0.39, 0.29) is 6.04 Å². The largest absolute Gasteiger partial charge is 0.324 e. The topological polar surface area (TPSA) is 26.0 Å². The molecule has 2 N–H and O–H groups in total. The first-order chi connectivity index (χ1) is 6.16. The van der Waals surface area contributed by atoms with Gasteiger partial charge in [-0.2, -0.15) is 0 Å². The molecule has 0 radical (unpaired) electrons. The quantitative estimate of drug-likeness (QED) is 0.805. The molecule has 0 amide bonds. The smallest absolute Gasteiger partial charge is 0.0424 e. The Morgan fingerprint density at radius 1 is 1.15 bits per heavy atom. The standard InChI is InChI=1S/C10H11Cl2N/c11-8-3-7(4-9(12)5-8)10(13)6-1-2-6/h3-6,10H,1-2,13H2/t10-/m0/s1. The van der Waals surface area contributed by atoms with Gasteiger partial charge in [0, 0.05) is 16.1 Å². The van der Waals surface area contributed by atoms with Gasteiger partial charge < -0.3 is 5.73 Å². The SMILES string of the molecule is N[C@H](c1cc(Cl)cc(Cl)c1)C1CC1. The first kappa shape index (κ1) is 9.32. The highest BCUT2D eigenvalue weighted by Crippen LogP contribution is 2.40. The van der Waals surface area contributed by atoms with Gasteiger partial charge in [-0.15, -0.1) is 0 Å². The predicted molar refractivity (Wildman–Crippen MR) is 56.1 cm³/mol. The average Bonchev–Trinajstić information content (AvgIpc) is 2.83. The summed E-state index contributed by atoms with van der Waals surface area (Å²) in [7, 11) is 0. The van der Waals surface area contributed by atoms with E-state index in [1.165, 1.54) is 12.8 Å². The molecule has 1 nitrogen and oxygen atoms in total. The molecular formula is C10H11Cl2N. The molecule has 1 saturated carbocycles. The molecule has 0 saturated heterocycles. The Hall–Kier alpha value is -0.240. The van der Waals surface area contributed by atoms with Crippen molar-refractivity contribution in [1.82, 2.24) is 0 Å². The van der Waals surface area contributed by atoms with Crippen LogP contribution in [0.5, 0.6) is 0 Å². The molecule has 13 heavy (non-hydrogen) atoms. The molecule has 0 heterocycles. The van der Waals surface area contributed by atoms with E-state index in [4.69, 9.17) is 28.9 Å². The van der Waals surface area contributed by atoms with Crippen molar-refractivity contribution in [2.24, 2.45) is 11.7 Å². The molecule has 1 aromatic rings. The van der Waals surface area contributed by atoms with Crippen LogP contribution in [0.25, 0.3) is 0 Å². The van der Waals surface area contributed by atoms with Gasteiger partial charge in [-0.25, -0.2) is 0 Å². The lowest BCUT2D eigenvalue weighted by atomic mass is 10.0. The lowest BCUT2D eigenvalue weighted by Crippen LogP contribution is -2.12. The lowest BCUT2D eigenvalue weighted by molar-refractivity contribution is 0.633. The Morgan fingerprint density at radius 2 is 1.69 bits per heavy atom. The van der Waals surface area contributed by atoms with Crippen molar-refractivity contribution < 1.29 is 0 Å². The maximum Gasteiger partial charge on any atom is 0.0424 e. The van der Waals surface area contributed by atoms with E-state index in [9.17, 15) is 0 Å². The van der Waals surface area contributed by atoms with Crippen LogP contribution in [0.15, 0.2) is 18.2 Å². The number of benzene rings is 1. The fourth-order valence-electron chi connectivity index (χ4n) is 1.50. The van der Waals surface area contributed by atoms with E-state index in [2.05, 4.69) is 0 Å². The molecule has 0 unspecified atom stereocenters. The van der Waals surface area contributed by atoms with E-state index in [0.717, 1.165) is 5.56 Å². The van der Waals surface area contributed by atoms with Gasteiger partial charge in [-0.3, -0.25) is 0 Å². The first-order valence-corrected chi connectivity index (χ1v) is 5.14. The molecule has 1 fully saturated rings. The minimum absolute atomic E-state index is 0.108. The minimum atomic E-state index is 0.108. The second-order valence-electron chi connectivity index (χ2n) is 3.57. The number of halogens is 2. The van der Waals surface area contributed by atoms with Gasteiger partial charge in [0.2, 0.25) is 0 Å². The van der Waals surface area contributed by atoms with Crippen molar-refractivity contribution >= 4 is 23.2 Å². The molecule has 2 rings (SSSR count). The van der Waals surface area contributed by atoms with Gasteiger partial charge in [0.25, 0.3) is 0 Å². The van der Waals surface area contributed by atoms with Crippen molar-refractivity contribution in [2.75, 3.05) is 0 Å². The molecule has 0 spiro atoms. The zero-order chi connectivity index (χ0) is 9.42. The molecule has 0 aromatic heterocycles. The third-order valence-corrected chi connectivity index (χ3v) is 2.84. The van der Waals surface area contributed by atoms with Gasteiger partial charge in [0.15, 0.2) is 0 Å². The summed E-state index contributed by atoms with van der Waals surface area (Å²) in [5.41, 5.74) is 7.08.